The topological polar surface area (TPSA) is 83.7 Å². The van der Waals surface area contributed by atoms with Crippen molar-refractivity contribution in [3.8, 4) is 0 Å². The summed E-state index contributed by atoms with van der Waals surface area (Å²) < 4.78 is 1.01. The Morgan fingerprint density at radius 2 is 1.75 bits per heavy atom. The molecule has 4 rings (SSSR count). The van der Waals surface area contributed by atoms with Gasteiger partial charge in [-0.1, -0.05) is 54.6 Å². The second-order valence-electron chi connectivity index (χ2n) is 7.30. The molecule has 6 nitrogen and oxygen atoms in total. The van der Waals surface area contributed by atoms with Crippen molar-refractivity contribution in [3.63, 3.8) is 0 Å². The molecule has 0 aliphatic carbocycles. The smallest absolute Gasteiger partial charge is 0.293 e. The molecule has 1 heterocycles. The fourth-order valence-electron chi connectivity index (χ4n) is 3.78. The standard InChI is InChI=1S/C25H19IN2O4/c26-19-12-14-20(15-13-19)27-23(18-9-5-10-21(16-18)28(31)32)22(24(29)25(27)30)11-4-8-17-6-2-1-3-7-17/h1-10,12-16,23,29H,11H2. The van der Waals surface area contributed by atoms with Gasteiger partial charge in [-0.25, -0.2) is 0 Å². The Kier molecular flexibility index (Phi) is 6.36. The maximum atomic E-state index is 13.1. The van der Waals surface area contributed by atoms with Crippen LogP contribution in [0.3, 0.4) is 0 Å². The summed E-state index contributed by atoms with van der Waals surface area (Å²) in [7, 11) is 0. The summed E-state index contributed by atoms with van der Waals surface area (Å²) in [5, 5.41) is 22.1. The van der Waals surface area contributed by atoms with Gasteiger partial charge in [0.2, 0.25) is 0 Å². The number of nitro groups is 1. The Balaban J connectivity index is 1.76. The van der Waals surface area contributed by atoms with Gasteiger partial charge in [0.05, 0.1) is 11.0 Å². The predicted molar refractivity (Wildman–Crippen MR) is 132 cm³/mol. The van der Waals surface area contributed by atoms with Crippen LogP contribution in [-0.2, 0) is 4.79 Å². The largest absolute Gasteiger partial charge is 0.503 e. The summed E-state index contributed by atoms with van der Waals surface area (Å²) in [5.41, 5.74) is 2.61. The lowest BCUT2D eigenvalue weighted by Crippen LogP contribution is -2.30. The van der Waals surface area contributed by atoms with Crippen molar-refractivity contribution in [1.82, 2.24) is 0 Å². The van der Waals surface area contributed by atoms with E-state index in [-0.39, 0.29) is 11.4 Å². The third-order valence-corrected chi connectivity index (χ3v) is 5.98. The predicted octanol–water partition coefficient (Wildman–Crippen LogP) is 6.20. The van der Waals surface area contributed by atoms with Crippen LogP contribution in [0.2, 0.25) is 0 Å². The molecule has 3 aromatic rings. The van der Waals surface area contributed by atoms with E-state index in [9.17, 15) is 20.0 Å². The molecule has 0 radical (unpaired) electrons. The van der Waals surface area contributed by atoms with Gasteiger partial charge in [0, 0.05) is 27.0 Å². The number of allylic oxidation sites excluding steroid dienone is 1. The van der Waals surface area contributed by atoms with Gasteiger partial charge < -0.3 is 5.11 Å². The number of non-ortho nitro benzene ring substituents is 1. The number of carbonyl (C=O) groups excluding carboxylic acids is 1. The number of rotatable bonds is 6. The van der Waals surface area contributed by atoms with Gasteiger partial charge in [0.1, 0.15) is 0 Å². The van der Waals surface area contributed by atoms with Crippen LogP contribution in [0.15, 0.2) is 96.3 Å². The fourth-order valence-corrected chi connectivity index (χ4v) is 4.13. The molecule has 0 aromatic heterocycles. The zero-order chi connectivity index (χ0) is 22.7. The van der Waals surface area contributed by atoms with Crippen molar-refractivity contribution in [3.05, 3.63) is 121 Å². The van der Waals surface area contributed by atoms with Crippen LogP contribution in [0.25, 0.3) is 6.08 Å². The zero-order valence-corrected chi connectivity index (χ0v) is 19.0. The highest BCUT2D eigenvalue weighted by Crippen LogP contribution is 2.42. The molecule has 32 heavy (non-hydrogen) atoms. The molecule has 0 saturated heterocycles. The van der Waals surface area contributed by atoms with E-state index in [1.54, 1.807) is 24.3 Å². The van der Waals surface area contributed by atoms with E-state index in [4.69, 9.17) is 0 Å². The highest BCUT2D eigenvalue weighted by Gasteiger charge is 2.41. The Bertz CT molecular complexity index is 1220. The summed E-state index contributed by atoms with van der Waals surface area (Å²) in [6.07, 6.45) is 4.12. The Labute approximate surface area is 198 Å². The van der Waals surface area contributed by atoms with Crippen molar-refractivity contribution in [1.29, 1.82) is 0 Å². The number of aliphatic hydroxyl groups excluding tert-OH is 1. The van der Waals surface area contributed by atoms with Crippen LogP contribution in [0.4, 0.5) is 11.4 Å². The van der Waals surface area contributed by atoms with Gasteiger partial charge in [-0.05, 0) is 64.4 Å². The Morgan fingerprint density at radius 1 is 1.03 bits per heavy atom. The van der Waals surface area contributed by atoms with Crippen LogP contribution in [0.1, 0.15) is 23.6 Å². The van der Waals surface area contributed by atoms with Gasteiger partial charge in [-0.15, -0.1) is 0 Å². The van der Waals surface area contributed by atoms with Crippen molar-refractivity contribution >= 4 is 45.9 Å². The van der Waals surface area contributed by atoms with Gasteiger partial charge in [-0.3, -0.25) is 19.8 Å². The van der Waals surface area contributed by atoms with Crippen LogP contribution in [0, 0.1) is 13.7 Å². The van der Waals surface area contributed by atoms with Crippen molar-refractivity contribution in [2.75, 3.05) is 4.90 Å². The second-order valence-corrected chi connectivity index (χ2v) is 8.54. The van der Waals surface area contributed by atoms with Crippen molar-refractivity contribution in [2.45, 2.75) is 12.5 Å². The zero-order valence-electron chi connectivity index (χ0n) is 16.9. The van der Waals surface area contributed by atoms with E-state index in [0.29, 0.717) is 23.2 Å². The highest BCUT2D eigenvalue weighted by molar-refractivity contribution is 14.1. The van der Waals surface area contributed by atoms with Crippen LogP contribution in [0.5, 0.6) is 0 Å². The van der Waals surface area contributed by atoms with Crippen LogP contribution in [-0.4, -0.2) is 15.9 Å². The minimum Gasteiger partial charge on any atom is -0.503 e. The van der Waals surface area contributed by atoms with Gasteiger partial charge >= 0.3 is 0 Å². The molecule has 160 valence electrons. The lowest BCUT2D eigenvalue weighted by Gasteiger charge is -2.27. The van der Waals surface area contributed by atoms with E-state index >= 15 is 0 Å². The molecule has 1 amide bonds. The van der Waals surface area contributed by atoms with E-state index < -0.39 is 16.9 Å². The number of hydrogen-bond donors (Lipinski definition) is 1. The molecule has 0 saturated carbocycles. The summed E-state index contributed by atoms with van der Waals surface area (Å²) in [6, 6.07) is 22.6. The van der Waals surface area contributed by atoms with Crippen LogP contribution >= 0.6 is 22.6 Å². The molecule has 7 heteroatoms. The highest BCUT2D eigenvalue weighted by atomic mass is 127. The molecule has 0 bridgehead atoms. The Hall–Kier alpha value is -3.46. The number of benzene rings is 3. The summed E-state index contributed by atoms with van der Waals surface area (Å²) in [6.45, 7) is 0. The molecule has 1 aliphatic heterocycles. The van der Waals surface area contributed by atoms with E-state index in [2.05, 4.69) is 22.6 Å². The van der Waals surface area contributed by atoms with Crippen LogP contribution < -0.4 is 4.90 Å². The molecule has 0 spiro atoms. The summed E-state index contributed by atoms with van der Waals surface area (Å²) >= 11 is 2.18. The first-order valence-electron chi connectivity index (χ1n) is 9.93. The lowest BCUT2D eigenvalue weighted by atomic mass is 9.95. The average Bonchev–Trinajstić information content (AvgIpc) is 3.05. The van der Waals surface area contributed by atoms with Crippen molar-refractivity contribution in [2.24, 2.45) is 0 Å². The summed E-state index contributed by atoms with van der Waals surface area (Å²) in [4.78, 5) is 25.5. The number of halogens is 1. The number of aliphatic hydroxyl groups is 1. The van der Waals surface area contributed by atoms with E-state index in [0.717, 1.165) is 9.13 Å². The third kappa shape index (κ3) is 4.43. The van der Waals surface area contributed by atoms with Crippen molar-refractivity contribution < 1.29 is 14.8 Å². The van der Waals surface area contributed by atoms with E-state index in [1.807, 2.05) is 54.6 Å². The first-order chi connectivity index (χ1) is 15.5. The average molecular weight is 538 g/mol. The number of hydrogen-bond acceptors (Lipinski definition) is 4. The number of nitro benzene ring substituents is 1. The monoisotopic (exact) mass is 538 g/mol. The summed E-state index contributed by atoms with van der Waals surface area (Å²) in [5.74, 6) is -0.844. The SMILES string of the molecule is O=C1C(O)=C(CC=Cc2ccccc2)C(c2cccc([N+](=O)[O-])c2)N1c1ccc(I)cc1. The quantitative estimate of drug-likeness (QED) is 0.230. The van der Waals surface area contributed by atoms with Gasteiger partial charge in [0.15, 0.2) is 5.76 Å². The molecule has 1 aliphatic rings. The number of nitrogens with zero attached hydrogens (tertiary/aromatic N) is 2. The fraction of sp³-hybridized carbons (Fsp3) is 0.0800. The normalized spacial score (nSPS) is 16.2. The molecule has 0 fully saturated rings. The molecule has 1 N–H and O–H groups in total. The first-order valence-corrected chi connectivity index (χ1v) is 11.0. The number of amides is 1. The number of carbonyl (C=O) groups is 1. The molecule has 1 atom stereocenters. The maximum absolute atomic E-state index is 13.1. The minimum absolute atomic E-state index is 0.0666. The van der Waals surface area contributed by atoms with Gasteiger partial charge in [-0.2, -0.15) is 0 Å². The molecule has 1 unspecified atom stereocenters. The molecular formula is C25H19IN2O4. The second kappa shape index (κ2) is 9.35. The molecular weight excluding hydrogens is 519 g/mol. The third-order valence-electron chi connectivity index (χ3n) is 5.26. The maximum Gasteiger partial charge on any atom is 0.293 e. The Morgan fingerprint density at radius 3 is 2.44 bits per heavy atom. The first kappa shape index (κ1) is 21.8. The molecule has 3 aromatic carbocycles. The minimum atomic E-state index is -0.650. The lowest BCUT2D eigenvalue weighted by molar-refractivity contribution is -0.384. The van der Waals surface area contributed by atoms with Gasteiger partial charge in [0.25, 0.3) is 11.6 Å². The van der Waals surface area contributed by atoms with E-state index in [1.165, 1.54) is 17.0 Å². The number of anilines is 1.